The second-order valence-electron chi connectivity index (χ2n) is 5.27. The Balaban J connectivity index is 2.32. The van der Waals surface area contributed by atoms with Crippen molar-refractivity contribution in [1.82, 2.24) is 9.47 Å². The summed E-state index contributed by atoms with van der Waals surface area (Å²) in [7, 11) is 1.91. The van der Waals surface area contributed by atoms with E-state index in [-0.39, 0.29) is 5.91 Å². The van der Waals surface area contributed by atoms with Crippen molar-refractivity contribution in [1.29, 1.82) is 0 Å². The standard InChI is InChI=1S/C16H20N2O/c1-3-18-14-10-5-4-8-12(14)13-9-6-7-11-17(2)16(19)15(13)18/h4-5,8,10H,3,6-7,9,11H2,1-2H3. The van der Waals surface area contributed by atoms with Crippen LogP contribution < -0.4 is 0 Å². The van der Waals surface area contributed by atoms with Gasteiger partial charge in [-0.3, -0.25) is 4.79 Å². The molecule has 0 radical (unpaired) electrons. The highest BCUT2D eigenvalue weighted by Gasteiger charge is 2.25. The number of rotatable bonds is 1. The van der Waals surface area contributed by atoms with E-state index in [1.54, 1.807) is 0 Å². The molecule has 0 saturated heterocycles. The van der Waals surface area contributed by atoms with Crippen LogP contribution in [-0.2, 0) is 13.0 Å². The number of fused-ring (bicyclic) bond motifs is 3. The molecule has 0 spiro atoms. The van der Waals surface area contributed by atoms with Gasteiger partial charge in [0.15, 0.2) is 0 Å². The molecule has 0 bridgehead atoms. The highest BCUT2D eigenvalue weighted by Crippen LogP contribution is 2.29. The van der Waals surface area contributed by atoms with E-state index in [9.17, 15) is 4.79 Å². The molecule has 1 amide bonds. The number of para-hydroxylation sites is 1. The van der Waals surface area contributed by atoms with Crippen molar-refractivity contribution in [3.8, 4) is 0 Å². The van der Waals surface area contributed by atoms with Gasteiger partial charge in [-0.2, -0.15) is 0 Å². The van der Waals surface area contributed by atoms with Crippen LogP contribution in [0.3, 0.4) is 0 Å². The lowest BCUT2D eigenvalue weighted by atomic mass is 10.0. The van der Waals surface area contributed by atoms with E-state index in [2.05, 4.69) is 35.8 Å². The SMILES string of the molecule is CCn1c2c(c3ccccc31)CCCCN(C)C2=O. The number of amides is 1. The van der Waals surface area contributed by atoms with E-state index in [1.807, 2.05) is 11.9 Å². The zero-order valence-electron chi connectivity index (χ0n) is 11.6. The quantitative estimate of drug-likeness (QED) is 0.769. The third kappa shape index (κ3) is 1.84. The first kappa shape index (κ1) is 12.3. The van der Waals surface area contributed by atoms with Gasteiger partial charge < -0.3 is 9.47 Å². The van der Waals surface area contributed by atoms with Crippen LogP contribution in [0.4, 0.5) is 0 Å². The summed E-state index contributed by atoms with van der Waals surface area (Å²) >= 11 is 0. The highest BCUT2D eigenvalue weighted by atomic mass is 16.2. The molecule has 2 aromatic rings. The van der Waals surface area contributed by atoms with Crippen LogP contribution in [-0.4, -0.2) is 29.0 Å². The van der Waals surface area contributed by atoms with Gasteiger partial charge in [0, 0.05) is 31.0 Å². The molecule has 1 aromatic carbocycles. The van der Waals surface area contributed by atoms with Gasteiger partial charge in [0.2, 0.25) is 0 Å². The van der Waals surface area contributed by atoms with Gasteiger partial charge in [0.1, 0.15) is 5.69 Å². The lowest BCUT2D eigenvalue weighted by molar-refractivity contribution is 0.0777. The minimum Gasteiger partial charge on any atom is -0.340 e. The van der Waals surface area contributed by atoms with Crippen molar-refractivity contribution in [2.24, 2.45) is 0 Å². The first-order valence-electron chi connectivity index (χ1n) is 7.09. The molecule has 0 saturated carbocycles. The molecule has 1 aromatic heterocycles. The van der Waals surface area contributed by atoms with Gasteiger partial charge in [0.05, 0.1) is 0 Å². The number of hydrogen-bond donors (Lipinski definition) is 0. The van der Waals surface area contributed by atoms with E-state index in [0.717, 1.165) is 38.0 Å². The monoisotopic (exact) mass is 256 g/mol. The van der Waals surface area contributed by atoms with Crippen LogP contribution in [0.5, 0.6) is 0 Å². The van der Waals surface area contributed by atoms with Crippen LogP contribution in [0.1, 0.15) is 35.8 Å². The zero-order valence-corrected chi connectivity index (χ0v) is 11.6. The van der Waals surface area contributed by atoms with Crippen molar-refractivity contribution >= 4 is 16.8 Å². The number of carbonyl (C=O) groups is 1. The maximum atomic E-state index is 12.6. The Bertz CT molecular complexity index is 627. The van der Waals surface area contributed by atoms with E-state index in [0.29, 0.717) is 0 Å². The van der Waals surface area contributed by atoms with E-state index in [4.69, 9.17) is 0 Å². The number of aromatic nitrogens is 1. The van der Waals surface area contributed by atoms with Gasteiger partial charge in [-0.15, -0.1) is 0 Å². The van der Waals surface area contributed by atoms with Gasteiger partial charge in [-0.05, 0) is 37.8 Å². The fraction of sp³-hybridized carbons (Fsp3) is 0.438. The van der Waals surface area contributed by atoms with Gasteiger partial charge in [-0.25, -0.2) is 0 Å². The third-order valence-corrected chi connectivity index (χ3v) is 4.11. The van der Waals surface area contributed by atoms with Gasteiger partial charge in [0.25, 0.3) is 5.91 Å². The second kappa shape index (κ2) is 4.72. The molecule has 3 rings (SSSR count). The smallest absolute Gasteiger partial charge is 0.270 e. The van der Waals surface area contributed by atoms with Crippen molar-refractivity contribution in [3.05, 3.63) is 35.5 Å². The predicted octanol–water partition coefficient (Wildman–Crippen LogP) is 3.07. The first-order valence-corrected chi connectivity index (χ1v) is 7.09. The Labute approximate surface area is 113 Å². The van der Waals surface area contributed by atoms with Crippen LogP contribution in [0, 0.1) is 0 Å². The topological polar surface area (TPSA) is 25.2 Å². The lowest BCUT2D eigenvalue weighted by Gasteiger charge is -2.22. The van der Waals surface area contributed by atoms with Crippen LogP contribution in [0.15, 0.2) is 24.3 Å². The number of aryl methyl sites for hydroxylation is 2. The molecule has 0 fully saturated rings. The van der Waals surface area contributed by atoms with E-state index < -0.39 is 0 Å². The van der Waals surface area contributed by atoms with Crippen molar-refractivity contribution in [2.75, 3.05) is 13.6 Å². The Kier molecular flexibility index (Phi) is 3.05. The average molecular weight is 256 g/mol. The number of benzene rings is 1. The minimum absolute atomic E-state index is 0.174. The van der Waals surface area contributed by atoms with Crippen molar-refractivity contribution < 1.29 is 4.79 Å². The summed E-state index contributed by atoms with van der Waals surface area (Å²) in [4.78, 5) is 14.5. The molecule has 0 unspecified atom stereocenters. The summed E-state index contributed by atoms with van der Waals surface area (Å²) in [6.07, 6.45) is 3.26. The lowest BCUT2D eigenvalue weighted by Crippen LogP contribution is -2.31. The molecule has 0 aliphatic carbocycles. The summed E-state index contributed by atoms with van der Waals surface area (Å²) in [5.74, 6) is 0.174. The Morgan fingerprint density at radius 3 is 2.79 bits per heavy atom. The molecule has 3 heteroatoms. The van der Waals surface area contributed by atoms with E-state index >= 15 is 0 Å². The second-order valence-corrected chi connectivity index (χ2v) is 5.27. The number of hydrogen-bond acceptors (Lipinski definition) is 1. The molecule has 0 atom stereocenters. The molecular weight excluding hydrogens is 236 g/mol. The highest BCUT2D eigenvalue weighted by molar-refractivity contribution is 6.01. The summed E-state index contributed by atoms with van der Waals surface area (Å²) < 4.78 is 2.18. The average Bonchev–Trinajstić information content (AvgIpc) is 2.74. The summed E-state index contributed by atoms with van der Waals surface area (Å²) in [5, 5.41) is 1.25. The van der Waals surface area contributed by atoms with E-state index in [1.165, 1.54) is 16.5 Å². The van der Waals surface area contributed by atoms with Crippen molar-refractivity contribution in [2.45, 2.75) is 32.7 Å². The molecular formula is C16H20N2O. The largest absolute Gasteiger partial charge is 0.340 e. The van der Waals surface area contributed by atoms with Crippen LogP contribution in [0.25, 0.3) is 10.9 Å². The summed E-state index contributed by atoms with van der Waals surface area (Å²) in [6, 6.07) is 8.39. The zero-order chi connectivity index (χ0) is 13.4. The maximum absolute atomic E-state index is 12.6. The summed E-state index contributed by atoms with van der Waals surface area (Å²) in [6.45, 7) is 3.82. The molecule has 1 aliphatic rings. The maximum Gasteiger partial charge on any atom is 0.270 e. The first-order chi connectivity index (χ1) is 9.24. The molecule has 2 heterocycles. The third-order valence-electron chi connectivity index (χ3n) is 4.11. The minimum atomic E-state index is 0.174. The van der Waals surface area contributed by atoms with Gasteiger partial charge >= 0.3 is 0 Å². The number of nitrogens with zero attached hydrogens (tertiary/aromatic N) is 2. The molecule has 0 N–H and O–H groups in total. The molecule has 19 heavy (non-hydrogen) atoms. The summed E-state index contributed by atoms with van der Waals surface area (Å²) in [5.41, 5.74) is 3.35. The Hall–Kier alpha value is -1.77. The van der Waals surface area contributed by atoms with Crippen molar-refractivity contribution in [3.63, 3.8) is 0 Å². The predicted molar refractivity (Wildman–Crippen MR) is 77.5 cm³/mol. The van der Waals surface area contributed by atoms with Crippen LogP contribution in [0.2, 0.25) is 0 Å². The normalized spacial score (nSPS) is 16.3. The fourth-order valence-corrected chi connectivity index (χ4v) is 3.13. The molecule has 100 valence electrons. The Morgan fingerprint density at radius 1 is 1.21 bits per heavy atom. The molecule has 3 nitrogen and oxygen atoms in total. The Morgan fingerprint density at radius 2 is 2.00 bits per heavy atom. The number of carbonyl (C=O) groups excluding carboxylic acids is 1. The fourth-order valence-electron chi connectivity index (χ4n) is 3.13. The molecule has 1 aliphatic heterocycles. The van der Waals surface area contributed by atoms with Crippen LogP contribution >= 0.6 is 0 Å². The van der Waals surface area contributed by atoms with Gasteiger partial charge in [-0.1, -0.05) is 18.2 Å².